The van der Waals surface area contributed by atoms with E-state index in [2.05, 4.69) is 5.32 Å². The predicted octanol–water partition coefficient (Wildman–Crippen LogP) is 3.66. The molecule has 3 aromatic carbocycles. The lowest BCUT2D eigenvalue weighted by Crippen LogP contribution is -2.51. The van der Waals surface area contributed by atoms with Crippen molar-refractivity contribution in [3.05, 3.63) is 89.4 Å². The molecule has 0 aromatic heterocycles. The Morgan fingerprint density at radius 1 is 1.00 bits per heavy atom. The van der Waals surface area contributed by atoms with Crippen LogP contribution in [0.15, 0.2) is 83.8 Å². The van der Waals surface area contributed by atoms with Crippen LogP contribution in [0, 0.1) is 0 Å². The number of hydrogen-bond acceptors (Lipinski definition) is 4. The van der Waals surface area contributed by atoms with Crippen LogP contribution >= 0.6 is 11.6 Å². The quantitative estimate of drug-likeness (QED) is 0.614. The van der Waals surface area contributed by atoms with Gasteiger partial charge in [-0.05, 0) is 48.4 Å². The second kappa shape index (κ2) is 8.99. The normalized spacial score (nSPS) is 15.6. The number of sulfonamides is 1. The van der Waals surface area contributed by atoms with Crippen molar-refractivity contribution in [2.75, 3.05) is 17.4 Å². The summed E-state index contributed by atoms with van der Waals surface area (Å²) in [6.45, 7) is 0.299. The minimum atomic E-state index is -3.91. The number of hydrogen-bond donors (Lipinski definition) is 1. The molecule has 1 heterocycles. The highest BCUT2D eigenvalue weighted by atomic mass is 35.5. The molecule has 1 N–H and O–H groups in total. The first-order valence-electron chi connectivity index (χ1n) is 9.81. The average molecular weight is 457 g/mol. The van der Waals surface area contributed by atoms with E-state index in [0.717, 1.165) is 5.56 Å². The first-order chi connectivity index (χ1) is 14.9. The number of fused-ring (bicyclic) bond motifs is 1. The third kappa shape index (κ3) is 4.68. The van der Waals surface area contributed by atoms with E-state index in [0.29, 0.717) is 29.4 Å². The number of halogens is 1. The van der Waals surface area contributed by atoms with Gasteiger partial charge < -0.3 is 10.1 Å². The van der Waals surface area contributed by atoms with Gasteiger partial charge in [-0.15, -0.1) is 0 Å². The lowest BCUT2D eigenvalue weighted by Gasteiger charge is -2.34. The molecule has 1 aliphatic heterocycles. The van der Waals surface area contributed by atoms with Gasteiger partial charge in [0.1, 0.15) is 5.75 Å². The maximum Gasteiger partial charge on any atom is 0.264 e. The van der Waals surface area contributed by atoms with Crippen molar-refractivity contribution in [1.29, 1.82) is 0 Å². The van der Waals surface area contributed by atoms with Gasteiger partial charge in [0.25, 0.3) is 15.9 Å². The topological polar surface area (TPSA) is 75.7 Å². The maximum atomic E-state index is 13.3. The van der Waals surface area contributed by atoms with Crippen LogP contribution < -0.4 is 14.4 Å². The van der Waals surface area contributed by atoms with E-state index in [4.69, 9.17) is 16.3 Å². The van der Waals surface area contributed by atoms with E-state index in [1.165, 1.54) is 28.6 Å². The fourth-order valence-corrected chi connectivity index (χ4v) is 4.99. The Morgan fingerprint density at radius 2 is 1.68 bits per heavy atom. The second-order valence-corrected chi connectivity index (χ2v) is 9.39. The van der Waals surface area contributed by atoms with Crippen LogP contribution in [0.1, 0.15) is 5.56 Å². The lowest BCUT2D eigenvalue weighted by atomic mass is 10.1. The molecule has 3 aromatic rings. The molecular weight excluding hydrogens is 436 g/mol. The summed E-state index contributed by atoms with van der Waals surface area (Å²) >= 11 is 5.90. The monoisotopic (exact) mass is 456 g/mol. The number of para-hydroxylation sites is 2. The molecule has 31 heavy (non-hydrogen) atoms. The summed E-state index contributed by atoms with van der Waals surface area (Å²) in [5.74, 6) is -0.0174. The van der Waals surface area contributed by atoms with E-state index in [1.54, 1.807) is 24.3 Å². The average Bonchev–Trinajstić information content (AvgIpc) is 2.79. The summed E-state index contributed by atoms with van der Waals surface area (Å²) in [6, 6.07) is 22.5. The van der Waals surface area contributed by atoms with Gasteiger partial charge in [0.05, 0.1) is 17.1 Å². The van der Waals surface area contributed by atoms with Crippen LogP contribution in [0.3, 0.4) is 0 Å². The molecule has 0 radical (unpaired) electrons. The van der Waals surface area contributed by atoms with Crippen molar-refractivity contribution in [3.63, 3.8) is 0 Å². The molecule has 0 aliphatic carbocycles. The SMILES string of the molecule is O=C(NCCc1ccccc1)[C@@H]1CN(S(=O)(=O)c2ccc(Cl)cc2)c2ccccc2O1. The molecule has 0 saturated heterocycles. The van der Waals surface area contributed by atoms with Gasteiger partial charge in [0.15, 0.2) is 6.10 Å². The third-order valence-corrected chi connectivity index (χ3v) is 7.03. The Kier molecular flexibility index (Phi) is 6.15. The van der Waals surface area contributed by atoms with Crippen molar-refractivity contribution >= 4 is 33.2 Å². The summed E-state index contributed by atoms with van der Waals surface area (Å²) < 4.78 is 33.7. The van der Waals surface area contributed by atoms with E-state index in [-0.39, 0.29) is 17.3 Å². The number of nitrogens with one attached hydrogen (secondary N) is 1. The molecule has 1 amide bonds. The van der Waals surface area contributed by atoms with Crippen molar-refractivity contribution in [1.82, 2.24) is 5.32 Å². The summed E-state index contributed by atoms with van der Waals surface area (Å²) in [5.41, 5.74) is 1.50. The first-order valence-corrected chi connectivity index (χ1v) is 11.6. The lowest BCUT2D eigenvalue weighted by molar-refractivity contribution is -0.127. The fourth-order valence-electron chi connectivity index (χ4n) is 3.39. The molecule has 0 spiro atoms. The molecule has 0 unspecified atom stereocenters. The summed E-state index contributed by atoms with van der Waals surface area (Å²) in [7, 11) is -3.91. The Balaban J connectivity index is 1.54. The van der Waals surface area contributed by atoms with Gasteiger partial charge in [-0.3, -0.25) is 9.10 Å². The molecule has 4 rings (SSSR count). The van der Waals surface area contributed by atoms with Crippen molar-refractivity contribution in [2.45, 2.75) is 17.4 Å². The Hall–Kier alpha value is -3.03. The molecule has 0 saturated carbocycles. The predicted molar refractivity (Wildman–Crippen MR) is 120 cm³/mol. The van der Waals surface area contributed by atoms with E-state index in [1.807, 2.05) is 30.3 Å². The summed E-state index contributed by atoms with van der Waals surface area (Å²) in [5, 5.41) is 3.29. The zero-order chi connectivity index (χ0) is 21.8. The number of amides is 1. The molecular formula is C23H21ClN2O4S. The van der Waals surface area contributed by atoms with Gasteiger partial charge >= 0.3 is 0 Å². The van der Waals surface area contributed by atoms with Crippen LogP contribution in [0.2, 0.25) is 5.02 Å². The minimum Gasteiger partial charge on any atom is -0.476 e. The van der Waals surface area contributed by atoms with Crippen molar-refractivity contribution < 1.29 is 17.9 Å². The smallest absolute Gasteiger partial charge is 0.264 e. The fraction of sp³-hybridized carbons (Fsp3) is 0.174. The number of benzene rings is 3. The maximum absolute atomic E-state index is 13.3. The van der Waals surface area contributed by atoms with E-state index >= 15 is 0 Å². The molecule has 6 nitrogen and oxygen atoms in total. The first kappa shape index (κ1) is 21.2. The molecule has 160 valence electrons. The highest BCUT2D eigenvalue weighted by Crippen LogP contribution is 2.36. The van der Waals surface area contributed by atoms with Crippen molar-refractivity contribution in [3.8, 4) is 5.75 Å². The Bertz CT molecular complexity index is 1170. The van der Waals surface area contributed by atoms with E-state index in [9.17, 15) is 13.2 Å². The highest BCUT2D eigenvalue weighted by Gasteiger charge is 2.37. The van der Waals surface area contributed by atoms with Crippen LogP contribution in [0.5, 0.6) is 5.75 Å². The summed E-state index contributed by atoms with van der Waals surface area (Å²) in [4.78, 5) is 12.9. The Morgan fingerprint density at radius 3 is 2.42 bits per heavy atom. The zero-order valence-electron chi connectivity index (χ0n) is 16.6. The molecule has 0 fully saturated rings. The van der Waals surface area contributed by atoms with Crippen LogP contribution in [0.25, 0.3) is 0 Å². The second-order valence-electron chi connectivity index (χ2n) is 7.09. The molecule has 8 heteroatoms. The number of rotatable bonds is 6. The van der Waals surface area contributed by atoms with Crippen LogP contribution in [0.4, 0.5) is 5.69 Å². The van der Waals surface area contributed by atoms with Crippen molar-refractivity contribution in [2.24, 2.45) is 0 Å². The molecule has 0 bridgehead atoms. The molecule has 1 atom stereocenters. The number of ether oxygens (including phenoxy) is 1. The zero-order valence-corrected chi connectivity index (χ0v) is 18.1. The number of carbonyl (C=O) groups is 1. The minimum absolute atomic E-state index is 0.0943. The summed E-state index contributed by atoms with van der Waals surface area (Å²) in [6.07, 6.45) is -0.296. The van der Waals surface area contributed by atoms with Gasteiger partial charge in [0.2, 0.25) is 0 Å². The van der Waals surface area contributed by atoms with Crippen LogP contribution in [-0.2, 0) is 21.2 Å². The number of anilines is 1. The Labute approximate surface area is 186 Å². The number of carbonyl (C=O) groups excluding carboxylic acids is 1. The third-order valence-electron chi connectivity index (χ3n) is 4.98. The van der Waals surface area contributed by atoms with E-state index < -0.39 is 16.1 Å². The van der Waals surface area contributed by atoms with Gasteiger partial charge in [-0.25, -0.2) is 8.42 Å². The highest BCUT2D eigenvalue weighted by molar-refractivity contribution is 7.92. The largest absolute Gasteiger partial charge is 0.476 e. The standard InChI is InChI=1S/C23H21ClN2O4S/c24-18-10-12-19(13-11-18)31(28,29)26-16-22(30-21-9-5-4-8-20(21)26)23(27)25-15-14-17-6-2-1-3-7-17/h1-13,22H,14-16H2,(H,25,27)/t22-/m0/s1. The van der Waals surface area contributed by atoms with Crippen LogP contribution in [-0.4, -0.2) is 33.5 Å². The van der Waals surface area contributed by atoms with Gasteiger partial charge in [-0.2, -0.15) is 0 Å². The van der Waals surface area contributed by atoms with Gasteiger partial charge in [0, 0.05) is 11.6 Å². The number of nitrogens with zero attached hydrogens (tertiary/aromatic N) is 1. The van der Waals surface area contributed by atoms with Gasteiger partial charge in [-0.1, -0.05) is 54.1 Å². The molecule has 1 aliphatic rings.